The van der Waals surface area contributed by atoms with Gasteiger partial charge in [-0.1, -0.05) is 0 Å². The van der Waals surface area contributed by atoms with Crippen molar-refractivity contribution in [2.45, 2.75) is 50.0 Å². The molecule has 1 unspecified atom stereocenters. The van der Waals surface area contributed by atoms with Gasteiger partial charge in [0.15, 0.2) is 0 Å². The van der Waals surface area contributed by atoms with E-state index >= 15 is 0 Å². The number of carbonyl (C=O) groups excluding carboxylic acids is 2. The molecule has 0 aromatic rings. The molecule has 1 N–H and O–H groups in total. The molecule has 3 saturated heterocycles. The number of thioether (sulfide) groups is 2. The third-order valence-corrected chi connectivity index (χ3v) is 8.27. The van der Waals surface area contributed by atoms with Crippen LogP contribution in [0.25, 0.3) is 0 Å². The standard InChI is InChI=1S/C19H33N3O2S2/c1-17(2)13-21(7-9-25-17)15(23)11-19(5-6-20-12-19)16(24)22-8-10-26-18(3,4)14-22/h20H,5-14H2,1-4H3. The molecular weight excluding hydrogens is 366 g/mol. The molecule has 0 saturated carbocycles. The van der Waals surface area contributed by atoms with Crippen LogP contribution in [-0.2, 0) is 9.59 Å². The second-order valence-electron chi connectivity index (χ2n) is 9.14. The number of carbonyl (C=O) groups is 2. The van der Waals surface area contributed by atoms with Crippen LogP contribution in [0.2, 0.25) is 0 Å². The zero-order chi connectivity index (χ0) is 19.0. The highest BCUT2D eigenvalue weighted by Gasteiger charge is 2.47. The molecule has 3 aliphatic rings. The molecule has 26 heavy (non-hydrogen) atoms. The lowest BCUT2D eigenvalue weighted by molar-refractivity contribution is -0.147. The second-order valence-corrected chi connectivity index (χ2v) is 12.7. The average molecular weight is 400 g/mol. The van der Waals surface area contributed by atoms with Crippen molar-refractivity contribution in [3.63, 3.8) is 0 Å². The molecule has 148 valence electrons. The molecule has 0 bridgehead atoms. The van der Waals surface area contributed by atoms with Crippen molar-refractivity contribution >= 4 is 35.3 Å². The maximum atomic E-state index is 13.5. The van der Waals surface area contributed by atoms with Crippen molar-refractivity contribution in [2.75, 3.05) is 50.8 Å². The first-order valence-corrected chi connectivity index (χ1v) is 11.7. The highest BCUT2D eigenvalue weighted by atomic mass is 32.2. The summed E-state index contributed by atoms with van der Waals surface area (Å²) in [7, 11) is 0. The van der Waals surface area contributed by atoms with Gasteiger partial charge in [-0.3, -0.25) is 9.59 Å². The number of hydrogen-bond acceptors (Lipinski definition) is 5. The zero-order valence-electron chi connectivity index (χ0n) is 16.6. The fraction of sp³-hybridized carbons (Fsp3) is 0.895. The number of nitrogens with zero attached hydrogens (tertiary/aromatic N) is 2. The maximum Gasteiger partial charge on any atom is 0.230 e. The largest absolute Gasteiger partial charge is 0.340 e. The number of nitrogens with one attached hydrogen (secondary N) is 1. The van der Waals surface area contributed by atoms with Crippen molar-refractivity contribution in [2.24, 2.45) is 5.41 Å². The predicted molar refractivity (Wildman–Crippen MR) is 111 cm³/mol. The second kappa shape index (κ2) is 7.55. The SMILES string of the molecule is CC1(C)CN(C(=O)CC2(C(=O)N3CCSC(C)(C)C3)CCNC2)CCS1. The van der Waals surface area contributed by atoms with E-state index in [4.69, 9.17) is 0 Å². The van der Waals surface area contributed by atoms with Gasteiger partial charge in [0.2, 0.25) is 11.8 Å². The van der Waals surface area contributed by atoms with Gasteiger partial charge in [0.05, 0.1) is 5.41 Å². The van der Waals surface area contributed by atoms with Crippen LogP contribution in [-0.4, -0.2) is 81.9 Å². The molecule has 3 heterocycles. The summed E-state index contributed by atoms with van der Waals surface area (Å²) < 4.78 is 0.201. The average Bonchev–Trinajstić information content (AvgIpc) is 3.02. The zero-order valence-corrected chi connectivity index (χ0v) is 18.2. The van der Waals surface area contributed by atoms with E-state index in [9.17, 15) is 9.59 Å². The number of rotatable bonds is 3. The van der Waals surface area contributed by atoms with Crippen molar-refractivity contribution in [3.05, 3.63) is 0 Å². The van der Waals surface area contributed by atoms with E-state index < -0.39 is 5.41 Å². The van der Waals surface area contributed by atoms with Crippen molar-refractivity contribution in [3.8, 4) is 0 Å². The Kier molecular flexibility index (Phi) is 5.91. The van der Waals surface area contributed by atoms with Gasteiger partial charge in [-0.05, 0) is 40.7 Å². The van der Waals surface area contributed by atoms with E-state index in [1.54, 1.807) is 0 Å². The quantitative estimate of drug-likeness (QED) is 0.787. The fourth-order valence-electron chi connectivity index (χ4n) is 4.31. The van der Waals surface area contributed by atoms with Crippen LogP contribution < -0.4 is 5.32 Å². The molecule has 0 aromatic heterocycles. The van der Waals surface area contributed by atoms with Gasteiger partial charge in [0.1, 0.15) is 0 Å². The molecular formula is C19H33N3O2S2. The molecule has 1 atom stereocenters. The summed E-state index contributed by atoms with van der Waals surface area (Å²) in [4.78, 5) is 30.5. The van der Waals surface area contributed by atoms with Gasteiger partial charge in [-0.25, -0.2) is 0 Å². The van der Waals surface area contributed by atoms with Crippen molar-refractivity contribution < 1.29 is 9.59 Å². The molecule has 0 aromatic carbocycles. The Labute approximate surface area is 166 Å². The van der Waals surface area contributed by atoms with E-state index in [2.05, 4.69) is 33.0 Å². The van der Waals surface area contributed by atoms with Crippen LogP contribution in [0.4, 0.5) is 0 Å². The summed E-state index contributed by atoms with van der Waals surface area (Å²) in [5, 5.41) is 3.35. The first kappa shape index (κ1) is 20.3. The Morgan fingerprint density at radius 2 is 1.54 bits per heavy atom. The first-order chi connectivity index (χ1) is 12.1. The van der Waals surface area contributed by atoms with Gasteiger partial charge in [-0.15, -0.1) is 0 Å². The van der Waals surface area contributed by atoms with Crippen LogP contribution in [0.5, 0.6) is 0 Å². The van der Waals surface area contributed by atoms with E-state index in [-0.39, 0.29) is 21.3 Å². The van der Waals surface area contributed by atoms with Crippen LogP contribution >= 0.6 is 23.5 Å². The molecule has 0 radical (unpaired) electrons. The molecule has 3 aliphatic heterocycles. The Balaban J connectivity index is 1.71. The Morgan fingerprint density at radius 3 is 2.08 bits per heavy atom. The smallest absolute Gasteiger partial charge is 0.230 e. The number of amides is 2. The third-order valence-electron chi connectivity index (χ3n) is 5.68. The first-order valence-electron chi connectivity index (χ1n) is 9.68. The minimum absolute atomic E-state index is 0.0965. The molecule has 7 heteroatoms. The van der Waals surface area contributed by atoms with E-state index in [1.807, 2.05) is 33.3 Å². The van der Waals surface area contributed by atoms with Gasteiger partial charge in [-0.2, -0.15) is 23.5 Å². The topological polar surface area (TPSA) is 52.7 Å². The molecule has 3 rings (SSSR count). The minimum atomic E-state index is -0.552. The molecule has 3 fully saturated rings. The highest BCUT2D eigenvalue weighted by Crippen LogP contribution is 2.38. The summed E-state index contributed by atoms with van der Waals surface area (Å²) >= 11 is 3.86. The monoisotopic (exact) mass is 399 g/mol. The normalized spacial score (nSPS) is 31.1. The lowest BCUT2D eigenvalue weighted by Crippen LogP contribution is -2.54. The third kappa shape index (κ3) is 4.53. The lowest BCUT2D eigenvalue weighted by Gasteiger charge is -2.43. The molecule has 5 nitrogen and oxygen atoms in total. The van der Waals surface area contributed by atoms with Gasteiger partial charge in [0, 0.05) is 60.1 Å². The molecule has 0 spiro atoms. The minimum Gasteiger partial charge on any atom is -0.340 e. The Bertz CT molecular complexity index is 559. The van der Waals surface area contributed by atoms with Gasteiger partial charge in [0.25, 0.3) is 0 Å². The van der Waals surface area contributed by atoms with Crippen LogP contribution in [0.15, 0.2) is 0 Å². The maximum absolute atomic E-state index is 13.5. The van der Waals surface area contributed by atoms with E-state index in [1.165, 1.54) is 0 Å². The molecule has 2 amide bonds. The summed E-state index contributed by atoms with van der Waals surface area (Å²) in [6.45, 7) is 13.4. The van der Waals surface area contributed by atoms with Crippen LogP contribution in [0.1, 0.15) is 40.5 Å². The summed E-state index contributed by atoms with van der Waals surface area (Å²) in [5.74, 6) is 2.30. The van der Waals surface area contributed by atoms with Crippen LogP contribution in [0.3, 0.4) is 0 Å². The molecule has 0 aliphatic carbocycles. The fourth-order valence-corrected chi connectivity index (χ4v) is 6.53. The van der Waals surface area contributed by atoms with Gasteiger partial charge >= 0.3 is 0 Å². The van der Waals surface area contributed by atoms with Crippen molar-refractivity contribution in [1.82, 2.24) is 15.1 Å². The van der Waals surface area contributed by atoms with Crippen molar-refractivity contribution in [1.29, 1.82) is 0 Å². The summed E-state index contributed by atoms with van der Waals surface area (Å²) in [6, 6.07) is 0. The number of hydrogen-bond donors (Lipinski definition) is 1. The van der Waals surface area contributed by atoms with Gasteiger partial charge < -0.3 is 15.1 Å². The van der Waals surface area contributed by atoms with E-state index in [0.717, 1.165) is 50.7 Å². The summed E-state index contributed by atoms with van der Waals surface area (Å²) in [5.41, 5.74) is -0.552. The van der Waals surface area contributed by atoms with Crippen LogP contribution in [0, 0.1) is 5.41 Å². The summed E-state index contributed by atoms with van der Waals surface area (Å²) in [6.07, 6.45) is 1.12. The lowest BCUT2D eigenvalue weighted by atomic mass is 9.81. The Hall–Kier alpha value is -0.400. The van der Waals surface area contributed by atoms with E-state index in [0.29, 0.717) is 13.0 Å². The predicted octanol–water partition coefficient (Wildman–Crippen LogP) is 2.06. The highest BCUT2D eigenvalue weighted by molar-refractivity contribution is 8.00. The Morgan fingerprint density at radius 1 is 0.962 bits per heavy atom.